The Kier molecular flexibility index (Phi) is 41.5. The first-order chi connectivity index (χ1) is 60.5. The number of ketones is 6. The molecule has 0 saturated carbocycles. The van der Waals surface area contributed by atoms with Crippen LogP contribution in [0.5, 0.6) is 34.5 Å². The van der Waals surface area contributed by atoms with Crippen LogP contribution in [-0.4, -0.2) is 65.3 Å². The highest BCUT2D eigenvalue weighted by molar-refractivity contribution is 14.1. The topological polar surface area (TPSA) is 224 Å². The summed E-state index contributed by atoms with van der Waals surface area (Å²) in [6.45, 7) is 4.03. The zero-order chi connectivity index (χ0) is 92.0. The lowest BCUT2D eigenvalue weighted by Crippen LogP contribution is -2.05. The van der Waals surface area contributed by atoms with E-state index in [0.29, 0.717) is 91.9 Å². The van der Waals surface area contributed by atoms with Crippen molar-refractivity contribution in [2.45, 2.75) is 71.6 Å². The number of aryl methyl sites for hydroxylation is 3. The number of phenols is 6. The second-order valence-corrected chi connectivity index (χ2v) is 44.3. The van der Waals surface area contributed by atoms with E-state index in [4.69, 9.17) is 23.2 Å². The molecular weight excluding hydrogens is 3000 g/mol. The Labute approximate surface area is 911 Å². The van der Waals surface area contributed by atoms with E-state index in [1.165, 1.54) is 33.4 Å². The molecule has 14 aromatic carbocycles. The summed E-state index contributed by atoms with van der Waals surface area (Å²) in [6.07, 6.45) is 4.16. The zero-order valence-corrected chi connectivity index (χ0v) is 94.6. The van der Waals surface area contributed by atoms with Gasteiger partial charge in [0.05, 0.1) is 54.8 Å². The number of hydrogen-bond acceptors (Lipinski definition) is 12. The zero-order valence-electron chi connectivity index (χ0n) is 67.2. The van der Waals surface area contributed by atoms with Crippen molar-refractivity contribution in [2.24, 2.45) is 0 Å². The SMILES string of the molecule is Cc1ccc(CC(=O)c2cc(I)cc(I)c2O)cc1.Cc1ccc(CC(=O)c2cc(I)cc(I)c2O)cc1.O=C(CCCc1ccccc1Cl)c1cc(I)cc(I)c1O.O=C(Cc1ccc(-c2ccccc2)cc1)c1cc(I)cc(I)c1O.O=C(Cc1ccc2c(c1)Cc1ccccc1-2)c1cc(I)cc(I)c1O.O=C(Cc1ccccc1Cl)c1cc(I)cc(I)c1O. The summed E-state index contributed by atoms with van der Waals surface area (Å²) in [5, 5.41) is 61.6. The molecule has 0 radical (unpaired) electrons. The molecule has 0 unspecified atom stereocenters. The van der Waals surface area contributed by atoms with Gasteiger partial charge >= 0.3 is 0 Å². The average molecular weight is 3070 g/mol. The molecule has 1 aliphatic rings. The molecule has 12 nitrogen and oxygen atoms in total. The standard InChI is InChI=1S/C21H14I2O2.C20H14I2O2.C16H13ClI2O2.2C15H12I2O2.C14H9ClI2O2/c22-15-10-18(21(25)19(23)11-15)20(24)8-12-5-6-17-14(7-12)9-13-3-1-2-4-16(13)17;21-16-11-17(20(24)18(22)12-16)19(23)10-13-6-8-15(9-7-13)14-4-2-1-3-5-14;17-13-6-2-1-4-10(13)5-3-7-15(20)12-8-11(18)9-14(19)16(12)21;2*1-9-2-4-10(5-3-9)6-14(18)12-7-11(16)8-13(17)15(12)19;15-11-4-2-1-3-8(11)5-13(18)10-6-9(16)7-12(17)14(10)19/h1-7,10-11,25H,8-9H2;1-9,11-12,24H,10H2;1-2,4,6,8-9,21H,3,5,7H2;2*2-5,7-8,19H,6H2,1H3;1-4,6-7,19H,5H2. The van der Waals surface area contributed by atoms with Crippen molar-refractivity contribution in [1.29, 1.82) is 0 Å². The quantitative estimate of drug-likeness (QED) is 0.0292. The van der Waals surface area contributed by atoms with Crippen LogP contribution in [-0.2, 0) is 44.9 Å². The van der Waals surface area contributed by atoms with E-state index < -0.39 is 0 Å². The molecule has 0 fully saturated rings. The largest absolute Gasteiger partial charge is 0.506 e. The van der Waals surface area contributed by atoms with Crippen LogP contribution in [0.2, 0.25) is 10.0 Å². The molecule has 1 aliphatic carbocycles. The number of rotatable bonds is 21. The lowest BCUT2D eigenvalue weighted by molar-refractivity contribution is 0.0970. The molecule has 15 rings (SSSR count). The summed E-state index contributed by atoms with van der Waals surface area (Å²) >= 11 is 37.3. The van der Waals surface area contributed by atoms with Crippen molar-refractivity contribution < 1.29 is 59.4 Å². The monoisotopic (exact) mass is 3070 g/mol. The molecule has 26 heteroatoms. The Bertz CT molecular complexity index is 6300. The van der Waals surface area contributed by atoms with Gasteiger partial charge in [-0.15, -0.1) is 0 Å². The van der Waals surface area contributed by atoms with Gasteiger partial charge in [-0.05, 0) is 456 Å². The highest BCUT2D eigenvalue weighted by atomic mass is 127. The fourth-order valence-corrected chi connectivity index (χ4v) is 24.6. The van der Waals surface area contributed by atoms with Gasteiger partial charge in [0, 0.05) is 70.0 Å². The normalized spacial score (nSPS) is 10.8. The molecule has 0 saturated heterocycles. The molecule has 0 amide bonds. The smallest absolute Gasteiger partial charge is 0.171 e. The van der Waals surface area contributed by atoms with Crippen molar-refractivity contribution in [1.82, 2.24) is 0 Å². The van der Waals surface area contributed by atoms with Gasteiger partial charge in [0.1, 0.15) is 34.5 Å². The molecule has 0 atom stereocenters. The molecule has 0 aliphatic heterocycles. The van der Waals surface area contributed by atoms with Crippen molar-refractivity contribution in [2.75, 3.05) is 0 Å². The number of phenolic OH excluding ortho intramolecular Hbond substituents is 6. The third kappa shape index (κ3) is 30.6. The molecule has 0 bridgehead atoms. The van der Waals surface area contributed by atoms with E-state index in [9.17, 15) is 59.4 Å². The van der Waals surface area contributed by atoms with Crippen LogP contribution in [0.4, 0.5) is 0 Å². The van der Waals surface area contributed by atoms with Gasteiger partial charge in [-0.2, -0.15) is 0 Å². The second kappa shape index (κ2) is 50.5. The summed E-state index contributed by atoms with van der Waals surface area (Å²) in [4.78, 5) is 74.2. The predicted octanol–water partition coefficient (Wildman–Crippen LogP) is 30.1. The first kappa shape index (κ1) is 104. The van der Waals surface area contributed by atoms with E-state index in [1.807, 2.05) is 303 Å². The maximum atomic E-state index is 12.7. The maximum Gasteiger partial charge on any atom is 0.171 e. The fourth-order valence-electron chi connectivity index (χ4n) is 13.1. The number of benzene rings is 14. The highest BCUT2D eigenvalue weighted by Crippen LogP contribution is 2.40. The minimum atomic E-state index is -0.137. The Balaban J connectivity index is 0.000000159. The van der Waals surface area contributed by atoms with Crippen LogP contribution >= 0.6 is 294 Å². The third-order valence-corrected chi connectivity index (χ3v) is 29.1. The van der Waals surface area contributed by atoms with Gasteiger partial charge in [-0.25, -0.2) is 0 Å². The number of halogens is 14. The maximum absolute atomic E-state index is 12.7. The van der Waals surface area contributed by atoms with E-state index in [0.717, 1.165) is 83.8 Å². The number of hydrogen-bond donors (Lipinski definition) is 6. The van der Waals surface area contributed by atoms with Gasteiger partial charge in [-0.3, -0.25) is 28.8 Å². The Morgan fingerprint density at radius 2 is 0.559 bits per heavy atom. The van der Waals surface area contributed by atoms with Gasteiger partial charge in [0.2, 0.25) is 0 Å². The van der Waals surface area contributed by atoms with Crippen LogP contribution in [0.25, 0.3) is 22.3 Å². The third-order valence-electron chi connectivity index (χ3n) is 19.7. The van der Waals surface area contributed by atoms with E-state index in [-0.39, 0.29) is 82.0 Å². The number of Topliss-reactive ketones (excluding diaryl/α,β-unsaturated/α-hetero) is 6. The van der Waals surface area contributed by atoms with E-state index in [1.54, 1.807) is 42.5 Å². The van der Waals surface area contributed by atoms with Crippen LogP contribution < -0.4 is 0 Å². The average Bonchev–Trinajstić information content (AvgIpc) is 1.63. The van der Waals surface area contributed by atoms with E-state index in [2.05, 4.69) is 207 Å². The van der Waals surface area contributed by atoms with Crippen LogP contribution in [0.15, 0.2) is 267 Å². The van der Waals surface area contributed by atoms with Crippen molar-refractivity contribution >= 4 is 329 Å². The Hall–Kier alpha value is -4.76. The summed E-state index contributed by atoms with van der Waals surface area (Å²) < 4.78 is 9.85. The Morgan fingerprint density at radius 1 is 0.276 bits per heavy atom. The number of fused-ring (bicyclic) bond motifs is 3. The molecule has 0 spiro atoms. The van der Waals surface area contributed by atoms with Crippen molar-refractivity contribution in [3.05, 3.63) is 409 Å². The second-order valence-electron chi connectivity index (χ2n) is 29.0. The van der Waals surface area contributed by atoms with Gasteiger partial charge < -0.3 is 30.6 Å². The van der Waals surface area contributed by atoms with Crippen molar-refractivity contribution in [3.8, 4) is 56.8 Å². The van der Waals surface area contributed by atoms with E-state index >= 15 is 0 Å². The number of carbonyl (C=O) groups is 6. The summed E-state index contributed by atoms with van der Waals surface area (Å²) in [5.41, 5.74) is 17.8. The summed E-state index contributed by atoms with van der Waals surface area (Å²) in [7, 11) is 0. The first-order valence-corrected chi connectivity index (χ1v) is 52.4. The van der Waals surface area contributed by atoms with Crippen molar-refractivity contribution in [3.63, 3.8) is 0 Å². The fraction of sp³-hybridized carbons (Fsp3) is 0.109. The van der Waals surface area contributed by atoms with Crippen LogP contribution in [0.3, 0.4) is 0 Å². The van der Waals surface area contributed by atoms with Gasteiger partial charge in [0.15, 0.2) is 34.7 Å². The highest BCUT2D eigenvalue weighted by Gasteiger charge is 2.24. The lowest BCUT2D eigenvalue weighted by Gasteiger charge is -2.08. The molecule has 14 aromatic rings. The molecule has 0 aromatic heterocycles. The molecule has 648 valence electrons. The number of aromatic hydroxyl groups is 6. The Morgan fingerprint density at radius 3 is 0.929 bits per heavy atom. The minimum Gasteiger partial charge on any atom is -0.506 e. The molecule has 0 heterocycles. The van der Waals surface area contributed by atoms with Gasteiger partial charge in [-0.1, -0.05) is 216 Å². The lowest BCUT2D eigenvalue weighted by atomic mass is 9.98. The summed E-state index contributed by atoms with van der Waals surface area (Å²) in [6, 6.07) is 84.9. The molecule has 127 heavy (non-hydrogen) atoms. The minimum absolute atomic E-state index is 0.0315. The van der Waals surface area contributed by atoms with Crippen LogP contribution in [0, 0.1) is 56.7 Å². The first-order valence-electron chi connectivity index (χ1n) is 38.7. The molecular formula is C101H74Cl2I12O12. The molecule has 6 N–H and O–H groups in total. The van der Waals surface area contributed by atoms with Crippen LogP contribution in [0.1, 0.15) is 131 Å². The number of carbonyl (C=O) groups excluding carboxylic acids is 6. The predicted molar refractivity (Wildman–Crippen MR) is 611 cm³/mol. The summed E-state index contributed by atoms with van der Waals surface area (Å²) in [5.74, 6) is 0.0314. The van der Waals surface area contributed by atoms with Gasteiger partial charge in [0.25, 0.3) is 0 Å².